The van der Waals surface area contributed by atoms with Crippen molar-refractivity contribution in [3.8, 4) is 11.8 Å². The molecule has 0 saturated heterocycles. The highest BCUT2D eigenvalue weighted by Gasteiger charge is 2.10. The van der Waals surface area contributed by atoms with E-state index in [9.17, 15) is 4.79 Å². The molecular weight excluding hydrogens is 325 g/mol. The zero-order valence-corrected chi connectivity index (χ0v) is 13.4. The Balaban J connectivity index is 0.000000885. The highest BCUT2D eigenvalue weighted by Crippen LogP contribution is 2.17. The third kappa shape index (κ3) is 9.69. The molecule has 0 spiro atoms. The Morgan fingerprint density at radius 2 is 1.57 bits per heavy atom. The molecule has 118 valence electrons. The smallest absolute Gasteiger partial charge is 0.414 e. The molecule has 1 aromatic heterocycles. The molecule has 0 radical (unpaired) electrons. The van der Waals surface area contributed by atoms with Crippen LogP contribution in [0.4, 0.5) is 15.5 Å². The molecule has 0 aromatic carbocycles. The lowest BCUT2D eigenvalue weighted by Gasteiger charge is -2.09. The fourth-order valence-electron chi connectivity index (χ4n) is 1.00. The summed E-state index contributed by atoms with van der Waals surface area (Å²) >= 11 is 8.80. The molecule has 0 atom stereocenters. The van der Waals surface area contributed by atoms with Gasteiger partial charge in [-0.3, -0.25) is 10.1 Å². The number of ether oxygens (including phenoxy) is 3. The van der Waals surface area contributed by atoms with Gasteiger partial charge < -0.3 is 14.2 Å². The monoisotopic (exact) mass is 339 g/mol. The Kier molecular flexibility index (Phi) is 9.15. The van der Waals surface area contributed by atoms with Gasteiger partial charge in [-0.15, -0.1) is 0 Å². The molecule has 8 nitrogen and oxygen atoms in total. The molecule has 0 aliphatic rings. The van der Waals surface area contributed by atoms with Crippen molar-refractivity contribution in [3.05, 3.63) is 6.07 Å². The van der Waals surface area contributed by atoms with E-state index in [0.717, 1.165) is 0 Å². The molecule has 0 fully saturated rings. The minimum atomic E-state index is -0.889. The number of nitrogens with zero attached hydrogens (tertiary/aromatic N) is 2. The lowest BCUT2D eigenvalue weighted by Crippen LogP contribution is -2.19. The Bertz CT molecular complexity index is 459. The fourth-order valence-corrected chi connectivity index (χ4v) is 1.00. The van der Waals surface area contributed by atoms with E-state index in [4.69, 9.17) is 19.0 Å². The van der Waals surface area contributed by atoms with Crippen molar-refractivity contribution in [2.45, 2.75) is 20.0 Å². The molecule has 0 bridgehead atoms. The number of halogens is 2. The molecule has 21 heavy (non-hydrogen) atoms. The summed E-state index contributed by atoms with van der Waals surface area (Å²) in [5.74, 6) is 0.639. The minimum Gasteiger partial charge on any atom is -0.481 e. The molecule has 1 heterocycles. The van der Waals surface area contributed by atoms with Crippen LogP contribution in [0.5, 0.6) is 11.8 Å². The van der Waals surface area contributed by atoms with Crippen LogP contribution < -0.4 is 14.8 Å². The molecule has 0 saturated carbocycles. The lowest BCUT2D eigenvalue weighted by atomic mass is 10.5. The van der Waals surface area contributed by atoms with Crippen molar-refractivity contribution >= 4 is 39.9 Å². The van der Waals surface area contributed by atoms with Gasteiger partial charge in [0.15, 0.2) is 0 Å². The zero-order chi connectivity index (χ0) is 16.4. The summed E-state index contributed by atoms with van der Waals surface area (Å²) in [6.45, 7) is 3.49. The highest BCUT2D eigenvalue weighted by molar-refractivity contribution is 6.93. The van der Waals surface area contributed by atoms with Crippen molar-refractivity contribution in [3.63, 3.8) is 0 Å². The van der Waals surface area contributed by atoms with E-state index in [2.05, 4.69) is 38.5 Å². The summed E-state index contributed by atoms with van der Waals surface area (Å²) in [6, 6.07) is 1.50. The quantitative estimate of drug-likeness (QED) is 0.841. The number of anilines is 1. The average Bonchev–Trinajstić information content (AvgIpc) is 2.36. The number of hydrogen-bond donors (Lipinski definition) is 1. The second-order valence-corrected chi connectivity index (χ2v) is 4.46. The van der Waals surface area contributed by atoms with E-state index < -0.39 is 10.8 Å². The van der Waals surface area contributed by atoms with Crippen LogP contribution >= 0.6 is 23.2 Å². The summed E-state index contributed by atoms with van der Waals surface area (Å²) in [6.07, 6.45) is -0.849. The van der Waals surface area contributed by atoms with Gasteiger partial charge in [0.25, 0.3) is 0 Å². The maximum absolute atomic E-state index is 11.3. The number of carbonyl (C=O) groups excluding carboxylic acids is 2. The SMILES string of the molecule is COc1cc(OC)nc(NC(=O)OC(C)C)n1.O=C(Cl)Cl. The Morgan fingerprint density at radius 3 is 1.90 bits per heavy atom. The first-order valence-corrected chi connectivity index (χ1v) is 6.33. The number of hydrogen-bond acceptors (Lipinski definition) is 7. The molecular formula is C11H15Cl2N3O5. The van der Waals surface area contributed by atoms with Crippen LogP contribution in [0.15, 0.2) is 6.07 Å². The topological polar surface area (TPSA) is 99.6 Å². The minimum absolute atomic E-state index is 0.0619. The van der Waals surface area contributed by atoms with Crippen LogP contribution in [0, 0.1) is 0 Å². The van der Waals surface area contributed by atoms with Gasteiger partial charge in [0.2, 0.25) is 17.7 Å². The summed E-state index contributed by atoms with van der Waals surface area (Å²) in [5.41, 5.74) is 0. The van der Waals surface area contributed by atoms with Gasteiger partial charge in [-0.2, -0.15) is 9.97 Å². The van der Waals surface area contributed by atoms with Crippen LogP contribution in [-0.2, 0) is 4.74 Å². The van der Waals surface area contributed by atoms with Crippen LogP contribution in [0.2, 0.25) is 0 Å². The molecule has 1 rings (SSSR count). The van der Waals surface area contributed by atoms with Crippen LogP contribution in [0.25, 0.3) is 0 Å². The van der Waals surface area contributed by atoms with E-state index in [1.807, 2.05) is 0 Å². The van der Waals surface area contributed by atoms with Crippen molar-refractivity contribution < 1.29 is 23.8 Å². The van der Waals surface area contributed by atoms with E-state index in [1.165, 1.54) is 20.3 Å². The van der Waals surface area contributed by atoms with E-state index in [0.29, 0.717) is 0 Å². The van der Waals surface area contributed by atoms with Crippen molar-refractivity contribution in [2.24, 2.45) is 0 Å². The molecule has 1 N–H and O–H groups in total. The zero-order valence-electron chi connectivity index (χ0n) is 11.8. The third-order valence-electron chi connectivity index (χ3n) is 1.65. The highest BCUT2D eigenvalue weighted by atomic mass is 35.5. The number of amides is 1. The van der Waals surface area contributed by atoms with Crippen LogP contribution in [-0.4, -0.2) is 41.1 Å². The van der Waals surface area contributed by atoms with Gasteiger partial charge in [0.05, 0.1) is 26.4 Å². The molecule has 1 amide bonds. The third-order valence-corrected chi connectivity index (χ3v) is 1.65. The predicted octanol–water partition coefficient (Wildman–Crippen LogP) is 3.03. The first-order valence-electron chi connectivity index (χ1n) is 5.58. The molecule has 0 unspecified atom stereocenters. The number of nitrogens with one attached hydrogen (secondary N) is 1. The molecule has 1 aromatic rings. The molecule has 0 aliphatic carbocycles. The first-order chi connectivity index (χ1) is 9.78. The van der Waals surface area contributed by atoms with Gasteiger partial charge in [-0.1, -0.05) is 0 Å². The van der Waals surface area contributed by atoms with Crippen molar-refractivity contribution in [2.75, 3.05) is 19.5 Å². The Hall–Kier alpha value is -1.80. The summed E-state index contributed by atoms with van der Waals surface area (Å²) in [4.78, 5) is 28.1. The van der Waals surface area contributed by atoms with Gasteiger partial charge in [-0.05, 0) is 37.0 Å². The van der Waals surface area contributed by atoms with Gasteiger partial charge in [0, 0.05) is 0 Å². The summed E-state index contributed by atoms with van der Waals surface area (Å²) < 4.78 is 13.9. The Labute approximate surface area is 131 Å². The standard InChI is InChI=1S/C10H15N3O4.CCl2O/c1-6(2)17-10(14)13-9-11-7(15-3)5-8(12-9)16-4;2-1(3)4/h5-6H,1-4H3,(H,11,12,13,14);. The maximum Gasteiger partial charge on any atom is 0.414 e. The average molecular weight is 340 g/mol. The number of methoxy groups -OCH3 is 2. The maximum atomic E-state index is 11.3. The normalized spacial score (nSPS) is 9.29. The molecule has 0 aliphatic heterocycles. The Morgan fingerprint density at radius 1 is 1.14 bits per heavy atom. The number of aromatic nitrogens is 2. The van der Waals surface area contributed by atoms with E-state index in [1.54, 1.807) is 13.8 Å². The second kappa shape index (κ2) is 10.0. The largest absolute Gasteiger partial charge is 0.481 e. The second-order valence-electron chi connectivity index (χ2n) is 3.58. The van der Waals surface area contributed by atoms with Gasteiger partial charge in [-0.25, -0.2) is 4.79 Å². The van der Waals surface area contributed by atoms with Gasteiger partial charge in [0.1, 0.15) is 0 Å². The number of rotatable bonds is 4. The van der Waals surface area contributed by atoms with Crippen molar-refractivity contribution in [1.82, 2.24) is 9.97 Å². The fraction of sp³-hybridized carbons (Fsp3) is 0.455. The lowest BCUT2D eigenvalue weighted by molar-refractivity contribution is 0.129. The van der Waals surface area contributed by atoms with E-state index in [-0.39, 0.29) is 23.8 Å². The summed E-state index contributed by atoms with van der Waals surface area (Å²) in [7, 11) is 2.91. The number of carbonyl (C=O) groups is 2. The molecule has 10 heteroatoms. The summed E-state index contributed by atoms with van der Waals surface area (Å²) in [5, 5.41) is 2.38. The van der Waals surface area contributed by atoms with Crippen LogP contribution in [0.1, 0.15) is 13.8 Å². The van der Waals surface area contributed by atoms with Crippen LogP contribution in [0.3, 0.4) is 0 Å². The van der Waals surface area contributed by atoms with Crippen molar-refractivity contribution in [1.29, 1.82) is 0 Å². The van der Waals surface area contributed by atoms with E-state index >= 15 is 0 Å². The first kappa shape index (κ1) is 19.2. The predicted molar refractivity (Wildman–Crippen MR) is 77.5 cm³/mol. The van der Waals surface area contributed by atoms with Gasteiger partial charge >= 0.3 is 10.8 Å².